The zero-order valence-electron chi connectivity index (χ0n) is 13.3. The number of benzene rings is 1. The molecule has 1 aliphatic carbocycles. The Labute approximate surface area is 145 Å². The lowest BCUT2D eigenvalue weighted by Gasteiger charge is -2.33. The van der Waals surface area contributed by atoms with E-state index >= 15 is 0 Å². The number of nitrogens with two attached hydrogens (primary N) is 1. The molecule has 0 amide bonds. The highest BCUT2D eigenvalue weighted by atomic mass is 35.5. The Kier molecular flexibility index (Phi) is 5.78. The number of hydrogen-bond acceptors (Lipinski definition) is 4. The van der Waals surface area contributed by atoms with Crippen molar-refractivity contribution >= 4 is 29.2 Å². The molecular formula is C18H21ClFNO3. The van der Waals surface area contributed by atoms with Gasteiger partial charge in [-0.25, -0.2) is 4.39 Å². The van der Waals surface area contributed by atoms with Gasteiger partial charge in [-0.1, -0.05) is 19.3 Å². The molecule has 1 aromatic heterocycles. The molecule has 0 unspecified atom stereocenters. The van der Waals surface area contributed by atoms with E-state index in [1.54, 1.807) is 0 Å². The Morgan fingerprint density at radius 3 is 2.62 bits per heavy atom. The van der Waals surface area contributed by atoms with Gasteiger partial charge in [-0.15, -0.1) is 12.4 Å². The Bertz CT molecular complexity index is 796. The summed E-state index contributed by atoms with van der Waals surface area (Å²) in [4.78, 5) is 24.4. The monoisotopic (exact) mass is 353 g/mol. The predicted octanol–water partition coefficient (Wildman–Crippen LogP) is 3.98. The van der Waals surface area contributed by atoms with E-state index in [9.17, 15) is 14.0 Å². The number of carbonyl (C=O) groups is 1. The smallest absolute Gasteiger partial charge is 0.198 e. The number of fused-ring (bicyclic) bond motifs is 1. The molecular weight excluding hydrogens is 333 g/mol. The van der Waals surface area contributed by atoms with Crippen LogP contribution in [-0.4, -0.2) is 11.3 Å². The first-order chi connectivity index (χ1) is 11.0. The Hall–Kier alpha value is -1.72. The summed E-state index contributed by atoms with van der Waals surface area (Å²) in [6.07, 6.45) is 6.11. The van der Waals surface area contributed by atoms with Gasteiger partial charge in [0, 0.05) is 18.0 Å². The quantitative estimate of drug-likeness (QED) is 0.844. The molecule has 0 saturated heterocycles. The zero-order chi connectivity index (χ0) is 16.4. The fraction of sp³-hybridized carbons (Fsp3) is 0.444. The number of halogens is 2. The maximum Gasteiger partial charge on any atom is 0.198 e. The molecule has 130 valence electrons. The number of carbonyl (C=O) groups excluding carboxylic acids is 1. The lowest BCUT2D eigenvalue weighted by molar-refractivity contribution is 0.0938. The van der Waals surface area contributed by atoms with Crippen LogP contribution in [-0.2, 0) is 0 Å². The van der Waals surface area contributed by atoms with Crippen LogP contribution in [0.3, 0.4) is 0 Å². The van der Waals surface area contributed by atoms with Crippen molar-refractivity contribution in [2.75, 3.05) is 0 Å². The van der Waals surface area contributed by atoms with Crippen LogP contribution in [0.25, 0.3) is 11.0 Å². The normalized spacial score (nSPS) is 16.6. The maximum absolute atomic E-state index is 13.2. The molecule has 1 fully saturated rings. The van der Waals surface area contributed by atoms with Crippen molar-refractivity contribution in [1.29, 1.82) is 0 Å². The lowest BCUT2D eigenvalue weighted by atomic mass is 9.79. The second-order valence-corrected chi connectivity index (χ2v) is 6.46. The summed E-state index contributed by atoms with van der Waals surface area (Å²) in [6, 6.07) is 4.84. The van der Waals surface area contributed by atoms with Crippen molar-refractivity contribution in [3.63, 3.8) is 0 Å². The highest BCUT2D eigenvalue weighted by Gasteiger charge is 2.28. The van der Waals surface area contributed by atoms with Gasteiger partial charge in [-0.2, -0.15) is 0 Å². The van der Waals surface area contributed by atoms with Crippen molar-refractivity contribution in [1.82, 2.24) is 0 Å². The van der Waals surface area contributed by atoms with E-state index in [1.165, 1.54) is 18.6 Å². The molecule has 0 atom stereocenters. The van der Waals surface area contributed by atoms with Crippen LogP contribution in [0.4, 0.5) is 4.39 Å². The van der Waals surface area contributed by atoms with Gasteiger partial charge in [0.05, 0.1) is 5.39 Å². The van der Waals surface area contributed by atoms with Crippen molar-refractivity contribution in [2.24, 2.45) is 5.73 Å². The highest BCUT2D eigenvalue weighted by Crippen LogP contribution is 2.30. The summed E-state index contributed by atoms with van der Waals surface area (Å²) in [5.74, 6) is -0.719. The largest absolute Gasteiger partial charge is 0.453 e. The van der Waals surface area contributed by atoms with Crippen LogP contribution in [0.15, 0.2) is 33.5 Å². The van der Waals surface area contributed by atoms with Crippen molar-refractivity contribution in [3.8, 4) is 0 Å². The van der Waals surface area contributed by atoms with Gasteiger partial charge in [0.25, 0.3) is 0 Å². The third kappa shape index (κ3) is 4.02. The molecule has 1 aromatic carbocycles. The van der Waals surface area contributed by atoms with Gasteiger partial charge in [0.15, 0.2) is 17.0 Å². The van der Waals surface area contributed by atoms with Crippen LogP contribution >= 0.6 is 12.4 Å². The average Bonchev–Trinajstić information content (AvgIpc) is 2.54. The summed E-state index contributed by atoms with van der Waals surface area (Å²) < 4.78 is 18.7. The third-order valence-corrected chi connectivity index (χ3v) is 4.66. The summed E-state index contributed by atoms with van der Waals surface area (Å²) in [5, 5.41) is 0.143. The molecule has 3 rings (SSSR count). The van der Waals surface area contributed by atoms with Gasteiger partial charge in [0.2, 0.25) is 0 Å². The second kappa shape index (κ2) is 7.45. The van der Waals surface area contributed by atoms with Crippen LogP contribution in [0.2, 0.25) is 0 Å². The fourth-order valence-electron chi connectivity index (χ4n) is 3.26. The van der Waals surface area contributed by atoms with E-state index in [1.807, 2.05) is 0 Å². The van der Waals surface area contributed by atoms with Crippen LogP contribution in [0.5, 0.6) is 0 Å². The zero-order valence-corrected chi connectivity index (χ0v) is 14.2. The van der Waals surface area contributed by atoms with Gasteiger partial charge >= 0.3 is 0 Å². The Morgan fingerprint density at radius 1 is 1.21 bits per heavy atom. The Balaban J connectivity index is 0.00000208. The fourth-order valence-corrected chi connectivity index (χ4v) is 3.26. The van der Waals surface area contributed by atoms with Crippen LogP contribution < -0.4 is 11.2 Å². The van der Waals surface area contributed by atoms with Crippen molar-refractivity contribution < 1.29 is 13.6 Å². The number of hydrogen-bond donors (Lipinski definition) is 1. The number of rotatable bonds is 4. The minimum atomic E-state index is -0.508. The first-order valence-corrected chi connectivity index (χ1v) is 8.02. The molecule has 1 saturated carbocycles. The molecule has 2 N–H and O–H groups in total. The molecule has 2 aromatic rings. The lowest BCUT2D eigenvalue weighted by Crippen LogP contribution is -2.42. The molecule has 24 heavy (non-hydrogen) atoms. The first kappa shape index (κ1) is 18.6. The molecule has 6 heteroatoms. The SMILES string of the molecule is Cl.NC1(CCC(=O)c2cc(=O)c3cc(F)ccc3o2)CCCCC1. The predicted molar refractivity (Wildman–Crippen MR) is 93.3 cm³/mol. The molecule has 0 aliphatic heterocycles. The van der Waals surface area contributed by atoms with Gasteiger partial charge in [0.1, 0.15) is 11.4 Å². The molecule has 1 heterocycles. The molecule has 0 bridgehead atoms. The van der Waals surface area contributed by atoms with E-state index < -0.39 is 11.2 Å². The summed E-state index contributed by atoms with van der Waals surface area (Å²) in [7, 11) is 0. The topological polar surface area (TPSA) is 73.3 Å². The Morgan fingerprint density at radius 2 is 1.92 bits per heavy atom. The van der Waals surface area contributed by atoms with Crippen LogP contribution in [0, 0.1) is 5.82 Å². The molecule has 1 aliphatic rings. The summed E-state index contributed by atoms with van der Waals surface area (Å²) in [5.41, 5.74) is 5.87. The van der Waals surface area contributed by atoms with Gasteiger partial charge in [-0.05, 0) is 37.5 Å². The molecule has 0 radical (unpaired) electrons. The van der Waals surface area contributed by atoms with E-state index in [0.717, 1.165) is 37.8 Å². The van der Waals surface area contributed by atoms with Gasteiger partial charge in [-0.3, -0.25) is 9.59 Å². The van der Waals surface area contributed by atoms with Crippen molar-refractivity contribution in [3.05, 3.63) is 46.1 Å². The van der Waals surface area contributed by atoms with E-state index in [-0.39, 0.29) is 46.9 Å². The standard InChI is InChI=1S/C18H20FNO3.ClH/c19-12-4-5-16-13(10-12)15(22)11-17(23-16)14(21)6-9-18(20)7-2-1-3-8-18;/h4-5,10-11H,1-3,6-9,20H2;1H. The summed E-state index contributed by atoms with van der Waals surface area (Å²) >= 11 is 0. The number of ketones is 1. The van der Waals surface area contributed by atoms with E-state index in [0.29, 0.717) is 6.42 Å². The van der Waals surface area contributed by atoms with E-state index in [4.69, 9.17) is 10.2 Å². The maximum atomic E-state index is 13.2. The highest BCUT2D eigenvalue weighted by molar-refractivity contribution is 5.94. The third-order valence-electron chi connectivity index (χ3n) is 4.66. The summed E-state index contributed by atoms with van der Waals surface area (Å²) in [6.45, 7) is 0. The van der Waals surface area contributed by atoms with Crippen molar-refractivity contribution in [2.45, 2.75) is 50.5 Å². The second-order valence-electron chi connectivity index (χ2n) is 6.46. The minimum Gasteiger partial charge on any atom is -0.453 e. The molecule has 0 spiro atoms. The number of Topliss-reactive ketones (excluding diaryl/α,β-unsaturated/α-hetero) is 1. The molecule has 4 nitrogen and oxygen atoms in total. The van der Waals surface area contributed by atoms with E-state index in [2.05, 4.69) is 0 Å². The first-order valence-electron chi connectivity index (χ1n) is 8.02. The van der Waals surface area contributed by atoms with Gasteiger partial charge < -0.3 is 10.2 Å². The van der Waals surface area contributed by atoms with Crippen LogP contribution in [0.1, 0.15) is 55.5 Å². The average molecular weight is 354 g/mol. The minimum absolute atomic E-state index is 0.